The third-order valence-electron chi connectivity index (χ3n) is 2.75. The fourth-order valence-corrected chi connectivity index (χ4v) is 2.84. The van der Waals surface area contributed by atoms with E-state index in [0.29, 0.717) is 5.02 Å². The second-order valence-electron chi connectivity index (χ2n) is 3.72. The van der Waals surface area contributed by atoms with Crippen LogP contribution in [0.4, 0.5) is 5.69 Å². The molecule has 5 heteroatoms. The third-order valence-corrected chi connectivity index (χ3v) is 3.73. The van der Waals surface area contributed by atoms with Crippen LogP contribution in [0.5, 0.6) is 0 Å². The van der Waals surface area contributed by atoms with Gasteiger partial charge in [-0.1, -0.05) is 11.6 Å². The minimum Gasteiger partial charge on any atom is -0.310 e. The lowest BCUT2D eigenvalue weighted by Crippen LogP contribution is -2.36. The fraction of sp³-hybridized carbons (Fsp3) is 0.364. The highest BCUT2D eigenvalue weighted by Crippen LogP contribution is 2.30. The molecule has 1 aliphatic heterocycles. The zero-order chi connectivity index (χ0) is 11.7. The molecule has 1 heterocycles. The maximum atomic E-state index is 12.0. The van der Waals surface area contributed by atoms with Gasteiger partial charge in [0.1, 0.15) is 0 Å². The highest BCUT2D eigenvalue weighted by molar-refractivity contribution is 14.1. The van der Waals surface area contributed by atoms with Crippen LogP contribution < -0.4 is 10.2 Å². The molecule has 1 amide bonds. The van der Waals surface area contributed by atoms with Crippen molar-refractivity contribution in [2.75, 3.05) is 18.5 Å². The van der Waals surface area contributed by atoms with Gasteiger partial charge in [-0.15, -0.1) is 0 Å². The predicted octanol–water partition coefficient (Wildman–Crippen LogP) is 2.27. The van der Waals surface area contributed by atoms with Gasteiger partial charge in [0.15, 0.2) is 0 Å². The number of hydrogen-bond acceptors (Lipinski definition) is 2. The SMILES string of the molecule is CNC1CCN(c2ccc(I)cc2Cl)C1=O. The van der Waals surface area contributed by atoms with Gasteiger partial charge in [-0.05, 0) is 54.3 Å². The van der Waals surface area contributed by atoms with E-state index in [2.05, 4.69) is 27.9 Å². The van der Waals surface area contributed by atoms with E-state index in [1.165, 1.54) is 0 Å². The summed E-state index contributed by atoms with van der Waals surface area (Å²) in [6.45, 7) is 0.727. The van der Waals surface area contributed by atoms with Gasteiger partial charge >= 0.3 is 0 Å². The molecule has 1 atom stereocenters. The summed E-state index contributed by atoms with van der Waals surface area (Å²) < 4.78 is 1.07. The lowest BCUT2D eigenvalue weighted by molar-refractivity contribution is -0.118. The summed E-state index contributed by atoms with van der Waals surface area (Å²) in [5.74, 6) is 0.102. The van der Waals surface area contributed by atoms with Gasteiger partial charge in [-0.25, -0.2) is 0 Å². The van der Waals surface area contributed by atoms with Gasteiger partial charge < -0.3 is 10.2 Å². The highest BCUT2D eigenvalue weighted by atomic mass is 127. The Bertz CT molecular complexity index is 424. The first kappa shape index (κ1) is 12.1. The van der Waals surface area contributed by atoms with Crippen molar-refractivity contribution in [1.29, 1.82) is 0 Å². The van der Waals surface area contributed by atoms with Crippen LogP contribution in [0.2, 0.25) is 5.02 Å². The van der Waals surface area contributed by atoms with Crippen LogP contribution in [0.3, 0.4) is 0 Å². The van der Waals surface area contributed by atoms with E-state index in [0.717, 1.165) is 22.2 Å². The second kappa shape index (κ2) is 4.89. The molecule has 0 saturated carbocycles. The number of hydrogen-bond donors (Lipinski definition) is 1. The summed E-state index contributed by atoms with van der Waals surface area (Å²) in [5, 5.41) is 3.64. The molecule has 1 N–H and O–H groups in total. The van der Waals surface area contributed by atoms with Gasteiger partial charge in [0.2, 0.25) is 5.91 Å². The molecule has 2 rings (SSSR count). The summed E-state index contributed by atoms with van der Waals surface area (Å²) in [7, 11) is 1.81. The van der Waals surface area contributed by atoms with Gasteiger partial charge in [-0.2, -0.15) is 0 Å². The van der Waals surface area contributed by atoms with E-state index >= 15 is 0 Å². The number of halogens is 2. The molecule has 1 fully saturated rings. The van der Waals surface area contributed by atoms with E-state index in [1.807, 2.05) is 25.2 Å². The summed E-state index contributed by atoms with van der Waals surface area (Å²) in [6, 6.07) is 5.66. The number of nitrogens with zero attached hydrogens (tertiary/aromatic N) is 1. The first-order valence-electron chi connectivity index (χ1n) is 5.07. The lowest BCUT2D eigenvalue weighted by atomic mass is 10.2. The largest absolute Gasteiger partial charge is 0.310 e. The minimum absolute atomic E-state index is 0.0738. The smallest absolute Gasteiger partial charge is 0.244 e. The summed E-state index contributed by atoms with van der Waals surface area (Å²) in [6.07, 6.45) is 0.831. The molecular formula is C11H12ClIN2O. The molecule has 1 aliphatic rings. The Morgan fingerprint density at radius 1 is 1.56 bits per heavy atom. The Kier molecular flexibility index (Phi) is 3.71. The van der Waals surface area contributed by atoms with Crippen LogP contribution in [0.25, 0.3) is 0 Å². The molecular weight excluding hydrogens is 338 g/mol. The van der Waals surface area contributed by atoms with E-state index < -0.39 is 0 Å². The number of carbonyl (C=O) groups excluding carboxylic acids is 1. The number of carbonyl (C=O) groups is 1. The van der Waals surface area contributed by atoms with Crippen molar-refractivity contribution >= 4 is 45.8 Å². The number of rotatable bonds is 2. The first-order valence-corrected chi connectivity index (χ1v) is 6.53. The van der Waals surface area contributed by atoms with Crippen molar-refractivity contribution in [3.63, 3.8) is 0 Å². The average molecular weight is 351 g/mol. The van der Waals surface area contributed by atoms with Crippen molar-refractivity contribution < 1.29 is 4.79 Å². The normalized spacial score (nSPS) is 20.6. The maximum Gasteiger partial charge on any atom is 0.244 e. The van der Waals surface area contributed by atoms with Gasteiger partial charge in [0.25, 0.3) is 0 Å². The van der Waals surface area contributed by atoms with Crippen LogP contribution in [-0.4, -0.2) is 25.5 Å². The molecule has 1 aromatic carbocycles. The monoisotopic (exact) mass is 350 g/mol. The summed E-state index contributed by atoms with van der Waals surface area (Å²) >= 11 is 8.35. The predicted molar refractivity (Wildman–Crippen MR) is 74.0 cm³/mol. The Balaban J connectivity index is 2.29. The van der Waals surface area contributed by atoms with Crippen molar-refractivity contribution in [1.82, 2.24) is 5.32 Å². The molecule has 0 aliphatic carbocycles. The number of benzene rings is 1. The van der Waals surface area contributed by atoms with E-state index in [1.54, 1.807) is 4.90 Å². The molecule has 1 saturated heterocycles. The zero-order valence-corrected chi connectivity index (χ0v) is 11.7. The van der Waals surface area contributed by atoms with Gasteiger partial charge in [0, 0.05) is 10.1 Å². The third kappa shape index (κ3) is 2.19. The lowest BCUT2D eigenvalue weighted by Gasteiger charge is -2.18. The maximum absolute atomic E-state index is 12.0. The van der Waals surface area contributed by atoms with Crippen LogP contribution >= 0.6 is 34.2 Å². The number of likely N-dealkylation sites (N-methyl/N-ethyl adjacent to an activating group) is 1. The standard InChI is InChI=1S/C11H12ClIN2O/c1-14-9-4-5-15(11(9)16)10-3-2-7(13)6-8(10)12/h2-3,6,9,14H,4-5H2,1H3. The fourth-order valence-electron chi connectivity index (χ4n) is 1.89. The Labute approximate surface area is 113 Å². The van der Waals surface area contributed by atoms with Crippen LogP contribution in [0.1, 0.15) is 6.42 Å². The summed E-state index contributed by atoms with van der Waals surface area (Å²) in [4.78, 5) is 13.7. The van der Waals surface area contributed by atoms with E-state index in [-0.39, 0.29) is 11.9 Å². The number of amides is 1. The summed E-state index contributed by atoms with van der Waals surface area (Å²) in [5.41, 5.74) is 0.810. The number of anilines is 1. The minimum atomic E-state index is -0.0738. The highest BCUT2D eigenvalue weighted by Gasteiger charge is 2.32. The van der Waals surface area contributed by atoms with Crippen molar-refractivity contribution in [3.05, 3.63) is 26.8 Å². The zero-order valence-electron chi connectivity index (χ0n) is 8.84. The van der Waals surface area contributed by atoms with Gasteiger partial charge in [0.05, 0.1) is 16.8 Å². The first-order chi connectivity index (χ1) is 7.63. The second-order valence-corrected chi connectivity index (χ2v) is 5.37. The van der Waals surface area contributed by atoms with E-state index in [4.69, 9.17) is 11.6 Å². The average Bonchev–Trinajstić information content (AvgIpc) is 2.60. The molecule has 1 aromatic rings. The van der Waals surface area contributed by atoms with E-state index in [9.17, 15) is 4.79 Å². The van der Waals surface area contributed by atoms with Crippen LogP contribution in [-0.2, 0) is 4.79 Å². The molecule has 0 radical (unpaired) electrons. The van der Waals surface area contributed by atoms with Crippen molar-refractivity contribution in [3.8, 4) is 0 Å². The Morgan fingerprint density at radius 2 is 2.31 bits per heavy atom. The quantitative estimate of drug-likeness (QED) is 0.830. The molecule has 86 valence electrons. The molecule has 1 unspecified atom stereocenters. The molecule has 3 nitrogen and oxygen atoms in total. The molecule has 0 aromatic heterocycles. The molecule has 16 heavy (non-hydrogen) atoms. The van der Waals surface area contributed by atoms with Crippen LogP contribution in [0.15, 0.2) is 18.2 Å². The van der Waals surface area contributed by atoms with Gasteiger partial charge in [-0.3, -0.25) is 4.79 Å². The van der Waals surface area contributed by atoms with Crippen molar-refractivity contribution in [2.45, 2.75) is 12.5 Å². The Hall–Kier alpha value is -0.330. The topological polar surface area (TPSA) is 32.3 Å². The Morgan fingerprint density at radius 3 is 2.88 bits per heavy atom. The van der Waals surface area contributed by atoms with Crippen LogP contribution in [0, 0.1) is 3.57 Å². The van der Waals surface area contributed by atoms with Crippen molar-refractivity contribution in [2.24, 2.45) is 0 Å². The molecule has 0 bridgehead atoms. The molecule has 0 spiro atoms. The number of nitrogens with one attached hydrogen (secondary N) is 1.